The highest BCUT2D eigenvalue weighted by Gasteiger charge is 2.34. The van der Waals surface area contributed by atoms with Crippen molar-refractivity contribution < 1.29 is 4.79 Å². The number of benzene rings is 1. The molecule has 0 aliphatic heterocycles. The molecule has 3 rings (SSSR count). The molecule has 0 radical (unpaired) electrons. The van der Waals surface area contributed by atoms with E-state index in [1.807, 2.05) is 30.5 Å². The van der Waals surface area contributed by atoms with E-state index in [2.05, 4.69) is 36.1 Å². The Labute approximate surface area is 156 Å². The molecule has 0 spiro atoms. The number of nitrogens with zero attached hydrogens (tertiary/aromatic N) is 1. The maximum Gasteiger partial charge on any atom is 0.251 e. The molecule has 1 aliphatic rings. The molecule has 1 fully saturated rings. The van der Waals surface area contributed by atoms with Crippen molar-refractivity contribution in [2.24, 2.45) is 11.3 Å². The van der Waals surface area contributed by atoms with Gasteiger partial charge in [0.15, 0.2) is 0 Å². The van der Waals surface area contributed by atoms with Crippen LogP contribution in [0.25, 0.3) is 11.3 Å². The molecule has 1 aromatic heterocycles. The fraction of sp³-hybridized carbons (Fsp3) is 0.545. The highest BCUT2D eigenvalue weighted by atomic mass is 16.1. The molecule has 1 aliphatic carbocycles. The Balaban J connectivity index is 1.58. The van der Waals surface area contributed by atoms with E-state index in [9.17, 15) is 4.79 Å². The number of rotatable bonds is 7. The Kier molecular flexibility index (Phi) is 5.80. The topological polar surface area (TPSA) is 57.8 Å². The summed E-state index contributed by atoms with van der Waals surface area (Å²) in [6.45, 7) is 7.58. The summed E-state index contributed by atoms with van der Waals surface area (Å²) in [4.78, 5) is 20.3. The molecule has 1 saturated carbocycles. The molecule has 4 nitrogen and oxygen atoms in total. The Morgan fingerprint density at radius 2 is 2.08 bits per heavy atom. The number of hydrogen-bond donors (Lipinski definition) is 2. The number of H-pyrrole nitrogens is 1. The van der Waals surface area contributed by atoms with Crippen molar-refractivity contribution in [2.75, 3.05) is 6.54 Å². The Morgan fingerprint density at radius 3 is 2.73 bits per heavy atom. The predicted molar refractivity (Wildman–Crippen MR) is 106 cm³/mol. The molecule has 2 N–H and O–H groups in total. The number of imidazole rings is 1. The number of aromatic nitrogens is 2. The van der Waals surface area contributed by atoms with Crippen molar-refractivity contribution in [3.63, 3.8) is 0 Å². The molecule has 1 heterocycles. The Bertz CT molecular complexity index is 730. The van der Waals surface area contributed by atoms with Gasteiger partial charge >= 0.3 is 0 Å². The van der Waals surface area contributed by atoms with Gasteiger partial charge in [-0.05, 0) is 48.3 Å². The summed E-state index contributed by atoms with van der Waals surface area (Å²) >= 11 is 0. The van der Waals surface area contributed by atoms with Gasteiger partial charge in [0.1, 0.15) is 5.82 Å². The molecular formula is C22H31N3O. The molecule has 140 valence electrons. The van der Waals surface area contributed by atoms with Crippen molar-refractivity contribution in [3.8, 4) is 11.3 Å². The normalized spacial score (nSPS) is 18.8. The van der Waals surface area contributed by atoms with Gasteiger partial charge in [-0.3, -0.25) is 4.79 Å². The second-order valence-electron chi connectivity index (χ2n) is 8.21. The molecular weight excluding hydrogens is 322 g/mol. The number of aryl methyl sites for hydroxylation is 1. The van der Waals surface area contributed by atoms with E-state index in [-0.39, 0.29) is 5.91 Å². The maximum absolute atomic E-state index is 12.5. The molecule has 2 aromatic rings. The van der Waals surface area contributed by atoms with Crippen LogP contribution in [-0.4, -0.2) is 22.4 Å². The van der Waals surface area contributed by atoms with E-state index in [1.54, 1.807) is 0 Å². The fourth-order valence-electron chi connectivity index (χ4n) is 3.88. The Morgan fingerprint density at radius 1 is 1.31 bits per heavy atom. The summed E-state index contributed by atoms with van der Waals surface area (Å²) in [5, 5.41) is 3.12. The zero-order valence-corrected chi connectivity index (χ0v) is 16.3. The van der Waals surface area contributed by atoms with Gasteiger partial charge in [-0.25, -0.2) is 4.98 Å². The van der Waals surface area contributed by atoms with Gasteiger partial charge in [0.2, 0.25) is 0 Å². The lowest BCUT2D eigenvalue weighted by molar-refractivity contribution is 0.0937. The quantitative estimate of drug-likeness (QED) is 0.738. The summed E-state index contributed by atoms with van der Waals surface area (Å²) < 4.78 is 0. The van der Waals surface area contributed by atoms with Crippen LogP contribution in [0, 0.1) is 11.3 Å². The first-order valence-corrected chi connectivity index (χ1v) is 9.92. The van der Waals surface area contributed by atoms with Crippen molar-refractivity contribution in [1.29, 1.82) is 0 Å². The molecule has 1 amide bonds. The SMILES string of the molecule is CCCCc1ncc(-c2ccc(C(=O)NCC3CCCC3(C)C)cc2)[nH]1. The van der Waals surface area contributed by atoms with Gasteiger partial charge in [0, 0.05) is 18.5 Å². The standard InChI is InChI=1S/C22H31N3O/c1-4-5-8-20-23-15-19(25-20)16-9-11-17(12-10-16)21(26)24-14-18-7-6-13-22(18,2)3/h9-12,15,18H,4-8,13-14H2,1-3H3,(H,23,25)(H,24,26). The number of unbranched alkanes of at least 4 members (excludes halogenated alkanes) is 1. The van der Waals surface area contributed by atoms with E-state index in [4.69, 9.17) is 0 Å². The lowest BCUT2D eigenvalue weighted by Crippen LogP contribution is -2.33. The predicted octanol–water partition coefficient (Wildman–Crippen LogP) is 4.98. The van der Waals surface area contributed by atoms with Crippen LogP contribution in [0.3, 0.4) is 0 Å². The first-order valence-electron chi connectivity index (χ1n) is 9.92. The molecule has 26 heavy (non-hydrogen) atoms. The zero-order chi connectivity index (χ0) is 18.6. The molecule has 1 atom stereocenters. The summed E-state index contributed by atoms with van der Waals surface area (Å²) in [7, 11) is 0. The molecule has 1 unspecified atom stereocenters. The number of aromatic amines is 1. The first-order chi connectivity index (χ1) is 12.5. The monoisotopic (exact) mass is 353 g/mol. The van der Waals surface area contributed by atoms with E-state index in [0.29, 0.717) is 11.3 Å². The fourth-order valence-corrected chi connectivity index (χ4v) is 3.88. The van der Waals surface area contributed by atoms with Crippen LogP contribution in [0.15, 0.2) is 30.5 Å². The van der Waals surface area contributed by atoms with Crippen molar-refractivity contribution in [2.45, 2.75) is 59.3 Å². The lowest BCUT2D eigenvalue weighted by Gasteiger charge is -2.27. The van der Waals surface area contributed by atoms with Crippen LogP contribution < -0.4 is 5.32 Å². The largest absolute Gasteiger partial charge is 0.352 e. The van der Waals surface area contributed by atoms with E-state index in [0.717, 1.165) is 48.5 Å². The van der Waals surface area contributed by atoms with E-state index in [1.165, 1.54) is 19.3 Å². The third-order valence-corrected chi connectivity index (χ3v) is 5.84. The van der Waals surface area contributed by atoms with Gasteiger partial charge in [0.05, 0.1) is 11.9 Å². The van der Waals surface area contributed by atoms with Crippen molar-refractivity contribution in [3.05, 3.63) is 41.9 Å². The van der Waals surface area contributed by atoms with Gasteiger partial charge in [-0.15, -0.1) is 0 Å². The third kappa shape index (κ3) is 4.35. The van der Waals surface area contributed by atoms with Crippen molar-refractivity contribution in [1.82, 2.24) is 15.3 Å². The van der Waals surface area contributed by atoms with Crippen LogP contribution in [0.2, 0.25) is 0 Å². The van der Waals surface area contributed by atoms with Crippen LogP contribution in [0.4, 0.5) is 0 Å². The minimum absolute atomic E-state index is 0.0208. The summed E-state index contributed by atoms with van der Waals surface area (Å²) in [6.07, 6.45) is 8.91. The number of amides is 1. The smallest absolute Gasteiger partial charge is 0.251 e. The number of hydrogen-bond acceptors (Lipinski definition) is 2. The molecule has 4 heteroatoms. The number of nitrogens with one attached hydrogen (secondary N) is 2. The van der Waals surface area contributed by atoms with Gasteiger partial charge in [-0.2, -0.15) is 0 Å². The summed E-state index contributed by atoms with van der Waals surface area (Å²) in [6, 6.07) is 7.78. The van der Waals surface area contributed by atoms with E-state index >= 15 is 0 Å². The Hall–Kier alpha value is -2.10. The highest BCUT2D eigenvalue weighted by Crippen LogP contribution is 2.42. The average molecular weight is 354 g/mol. The minimum Gasteiger partial charge on any atom is -0.352 e. The zero-order valence-electron chi connectivity index (χ0n) is 16.3. The van der Waals surface area contributed by atoms with Gasteiger partial charge in [-0.1, -0.05) is 45.7 Å². The summed E-state index contributed by atoms with van der Waals surface area (Å²) in [5.41, 5.74) is 3.13. The second-order valence-corrected chi connectivity index (χ2v) is 8.21. The molecule has 0 saturated heterocycles. The van der Waals surface area contributed by atoms with Crippen LogP contribution in [-0.2, 0) is 6.42 Å². The molecule has 1 aromatic carbocycles. The van der Waals surface area contributed by atoms with Gasteiger partial charge < -0.3 is 10.3 Å². The minimum atomic E-state index is 0.0208. The summed E-state index contributed by atoms with van der Waals surface area (Å²) in [5.74, 6) is 1.63. The average Bonchev–Trinajstić information content (AvgIpc) is 3.24. The third-order valence-electron chi connectivity index (χ3n) is 5.84. The second kappa shape index (κ2) is 8.07. The maximum atomic E-state index is 12.5. The first kappa shape index (κ1) is 18.7. The number of carbonyl (C=O) groups excluding carboxylic acids is 1. The number of carbonyl (C=O) groups is 1. The van der Waals surface area contributed by atoms with Crippen molar-refractivity contribution >= 4 is 5.91 Å². The highest BCUT2D eigenvalue weighted by molar-refractivity contribution is 5.94. The van der Waals surface area contributed by atoms with Crippen LogP contribution >= 0.6 is 0 Å². The van der Waals surface area contributed by atoms with Crippen LogP contribution in [0.5, 0.6) is 0 Å². The molecule has 0 bridgehead atoms. The van der Waals surface area contributed by atoms with E-state index < -0.39 is 0 Å². The van der Waals surface area contributed by atoms with Gasteiger partial charge in [0.25, 0.3) is 5.91 Å². The lowest BCUT2D eigenvalue weighted by atomic mass is 9.82. The van der Waals surface area contributed by atoms with Crippen LogP contribution in [0.1, 0.15) is 69.1 Å².